The van der Waals surface area contributed by atoms with Crippen molar-refractivity contribution in [2.24, 2.45) is 0 Å². The molecule has 0 atom stereocenters. The van der Waals surface area contributed by atoms with Crippen LogP contribution in [0, 0.1) is 6.92 Å². The Labute approximate surface area is 114 Å². The quantitative estimate of drug-likeness (QED) is 0.916. The molecule has 1 aromatic heterocycles. The van der Waals surface area contributed by atoms with Gasteiger partial charge in [-0.3, -0.25) is 9.78 Å². The van der Waals surface area contributed by atoms with Crippen LogP contribution >= 0.6 is 15.9 Å². The summed E-state index contributed by atoms with van der Waals surface area (Å²) >= 11 is 3.45. The number of halogens is 1. The first-order valence-electron chi connectivity index (χ1n) is 5.72. The minimum atomic E-state index is -0.141. The summed E-state index contributed by atoms with van der Waals surface area (Å²) in [7, 11) is 0. The van der Waals surface area contributed by atoms with E-state index in [2.05, 4.69) is 31.2 Å². The van der Waals surface area contributed by atoms with Crippen LogP contribution in [0.15, 0.2) is 33.5 Å². The molecule has 0 bridgehead atoms. The smallest absolute Gasteiger partial charge is 0.252 e. The molecule has 0 amide bonds. The zero-order valence-corrected chi connectivity index (χ0v) is 11.8. The summed E-state index contributed by atoms with van der Waals surface area (Å²) < 4.78 is 1.05. The standard InChI is InChI=1S/C13H14BrN3O/c1-3-9-7-12(18)17-13(15-9)16-10-4-5-11(14)8(2)6-10/h4-7H,3H2,1-2H3,(H2,15,16,17,18). The van der Waals surface area contributed by atoms with E-state index in [0.29, 0.717) is 5.95 Å². The van der Waals surface area contributed by atoms with Gasteiger partial charge < -0.3 is 5.32 Å². The molecule has 5 heteroatoms. The number of hydrogen-bond donors (Lipinski definition) is 2. The number of rotatable bonds is 3. The average molecular weight is 308 g/mol. The number of H-pyrrole nitrogens is 1. The molecule has 0 aliphatic carbocycles. The van der Waals surface area contributed by atoms with E-state index in [-0.39, 0.29) is 5.56 Å². The number of aromatic amines is 1. The first-order chi connectivity index (χ1) is 8.58. The van der Waals surface area contributed by atoms with Crippen LogP contribution in [0.2, 0.25) is 0 Å². The maximum Gasteiger partial charge on any atom is 0.252 e. The lowest BCUT2D eigenvalue weighted by Gasteiger charge is -2.08. The highest BCUT2D eigenvalue weighted by atomic mass is 79.9. The van der Waals surface area contributed by atoms with Crippen molar-refractivity contribution in [3.63, 3.8) is 0 Å². The first kappa shape index (κ1) is 12.8. The zero-order chi connectivity index (χ0) is 13.1. The number of aryl methyl sites for hydroxylation is 2. The monoisotopic (exact) mass is 307 g/mol. The Morgan fingerprint density at radius 1 is 1.39 bits per heavy atom. The van der Waals surface area contributed by atoms with Gasteiger partial charge in [-0.05, 0) is 37.1 Å². The van der Waals surface area contributed by atoms with Gasteiger partial charge in [0.25, 0.3) is 5.56 Å². The normalized spacial score (nSPS) is 10.4. The molecule has 0 aliphatic heterocycles. The molecule has 0 aliphatic rings. The molecular formula is C13H14BrN3O. The highest BCUT2D eigenvalue weighted by Gasteiger charge is 2.02. The van der Waals surface area contributed by atoms with Gasteiger partial charge in [0.15, 0.2) is 0 Å². The summed E-state index contributed by atoms with van der Waals surface area (Å²) in [5.41, 5.74) is 2.65. The van der Waals surface area contributed by atoms with Gasteiger partial charge in [0, 0.05) is 21.9 Å². The van der Waals surface area contributed by atoms with E-state index < -0.39 is 0 Å². The van der Waals surface area contributed by atoms with Crippen LogP contribution in [0.5, 0.6) is 0 Å². The van der Waals surface area contributed by atoms with Gasteiger partial charge in [0.1, 0.15) is 0 Å². The van der Waals surface area contributed by atoms with Crippen LogP contribution < -0.4 is 10.9 Å². The molecule has 4 nitrogen and oxygen atoms in total. The van der Waals surface area contributed by atoms with E-state index in [1.165, 1.54) is 6.07 Å². The third-order valence-electron chi connectivity index (χ3n) is 2.58. The fourth-order valence-electron chi connectivity index (χ4n) is 1.61. The molecule has 0 radical (unpaired) electrons. The Hall–Kier alpha value is -1.62. The Bertz CT molecular complexity index is 622. The van der Waals surface area contributed by atoms with Crippen molar-refractivity contribution in [1.29, 1.82) is 0 Å². The third-order valence-corrected chi connectivity index (χ3v) is 3.47. The largest absolute Gasteiger partial charge is 0.326 e. The Kier molecular flexibility index (Phi) is 3.81. The van der Waals surface area contributed by atoms with Gasteiger partial charge in [-0.15, -0.1) is 0 Å². The number of aromatic nitrogens is 2. The van der Waals surface area contributed by atoms with Gasteiger partial charge in [0.05, 0.1) is 0 Å². The number of nitrogens with zero attached hydrogens (tertiary/aromatic N) is 1. The van der Waals surface area contributed by atoms with Crippen LogP contribution in [0.1, 0.15) is 18.2 Å². The molecular weight excluding hydrogens is 294 g/mol. The average Bonchev–Trinajstić information content (AvgIpc) is 2.33. The van der Waals surface area contributed by atoms with Gasteiger partial charge in [-0.1, -0.05) is 22.9 Å². The summed E-state index contributed by atoms with van der Waals surface area (Å²) in [5.74, 6) is 0.473. The number of benzene rings is 1. The van der Waals surface area contributed by atoms with Gasteiger partial charge >= 0.3 is 0 Å². The molecule has 1 aromatic carbocycles. The molecule has 1 heterocycles. The molecule has 0 saturated heterocycles. The van der Waals surface area contributed by atoms with Crippen LogP contribution in [-0.2, 0) is 6.42 Å². The first-order valence-corrected chi connectivity index (χ1v) is 6.51. The zero-order valence-electron chi connectivity index (χ0n) is 10.2. The molecule has 18 heavy (non-hydrogen) atoms. The topological polar surface area (TPSA) is 57.8 Å². The summed E-state index contributed by atoms with van der Waals surface area (Å²) in [5, 5.41) is 3.10. The predicted molar refractivity (Wildman–Crippen MR) is 76.4 cm³/mol. The van der Waals surface area contributed by atoms with E-state index in [0.717, 1.165) is 27.8 Å². The second-order valence-corrected chi connectivity index (χ2v) is 4.88. The lowest BCUT2D eigenvalue weighted by molar-refractivity contribution is 0.986. The molecule has 2 rings (SSSR count). The number of hydrogen-bond acceptors (Lipinski definition) is 3. The summed E-state index contributed by atoms with van der Waals surface area (Å²) in [6, 6.07) is 7.38. The van der Waals surface area contributed by atoms with Gasteiger partial charge in [-0.2, -0.15) is 0 Å². The van der Waals surface area contributed by atoms with E-state index in [9.17, 15) is 4.79 Å². The van der Waals surface area contributed by atoms with E-state index in [1.54, 1.807) is 0 Å². The minimum Gasteiger partial charge on any atom is -0.326 e. The third kappa shape index (κ3) is 2.98. The molecule has 0 unspecified atom stereocenters. The van der Waals surface area contributed by atoms with Crippen molar-refractivity contribution < 1.29 is 0 Å². The van der Waals surface area contributed by atoms with E-state index in [1.807, 2.05) is 32.0 Å². The fourth-order valence-corrected chi connectivity index (χ4v) is 1.85. The second kappa shape index (κ2) is 5.35. The molecule has 0 fully saturated rings. The highest BCUT2D eigenvalue weighted by Crippen LogP contribution is 2.21. The van der Waals surface area contributed by atoms with Crippen LogP contribution in [0.4, 0.5) is 11.6 Å². The summed E-state index contributed by atoms with van der Waals surface area (Å²) in [4.78, 5) is 18.4. The van der Waals surface area contributed by atoms with Crippen molar-refractivity contribution in [1.82, 2.24) is 9.97 Å². The lowest BCUT2D eigenvalue weighted by Crippen LogP contribution is -2.11. The van der Waals surface area contributed by atoms with Crippen LogP contribution in [-0.4, -0.2) is 9.97 Å². The van der Waals surface area contributed by atoms with Crippen molar-refractivity contribution in [3.05, 3.63) is 50.3 Å². The van der Waals surface area contributed by atoms with E-state index in [4.69, 9.17) is 0 Å². The van der Waals surface area contributed by atoms with Gasteiger partial charge in [-0.25, -0.2) is 4.98 Å². The summed E-state index contributed by atoms with van der Waals surface area (Å²) in [6.45, 7) is 3.98. The SMILES string of the molecule is CCc1cc(=O)[nH]c(Nc2ccc(Br)c(C)c2)n1. The molecule has 2 aromatic rings. The molecule has 94 valence electrons. The van der Waals surface area contributed by atoms with Crippen molar-refractivity contribution >= 4 is 27.6 Å². The van der Waals surface area contributed by atoms with Crippen LogP contribution in [0.3, 0.4) is 0 Å². The number of nitrogens with one attached hydrogen (secondary N) is 2. The Morgan fingerprint density at radius 2 is 2.17 bits per heavy atom. The molecule has 0 saturated carbocycles. The van der Waals surface area contributed by atoms with Crippen molar-refractivity contribution in [2.45, 2.75) is 20.3 Å². The second-order valence-electron chi connectivity index (χ2n) is 4.03. The van der Waals surface area contributed by atoms with Crippen LogP contribution in [0.25, 0.3) is 0 Å². The predicted octanol–water partition coefficient (Wildman–Crippen LogP) is 3.15. The maximum atomic E-state index is 11.4. The fraction of sp³-hybridized carbons (Fsp3) is 0.231. The summed E-state index contributed by atoms with van der Waals surface area (Å²) in [6.07, 6.45) is 0.734. The highest BCUT2D eigenvalue weighted by molar-refractivity contribution is 9.10. The van der Waals surface area contributed by atoms with Gasteiger partial charge in [0.2, 0.25) is 5.95 Å². The lowest BCUT2D eigenvalue weighted by atomic mass is 10.2. The Balaban J connectivity index is 2.30. The van der Waals surface area contributed by atoms with Crippen molar-refractivity contribution in [3.8, 4) is 0 Å². The van der Waals surface area contributed by atoms with Crippen molar-refractivity contribution in [2.75, 3.05) is 5.32 Å². The molecule has 0 spiro atoms. The Morgan fingerprint density at radius 3 is 2.83 bits per heavy atom. The minimum absolute atomic E-state index is 0.141. The number of anilines is 2. The van der Waals surface area contributed by atoms with E-state index >= 15 is 0 Å². The molecule has 2 N–H and O–H groups in total. The maximum absolute atomic E-state index is 11.4.